The minimum absolute atomic E-state index is 0.632. The van der Waals surface area contributed by atoms with Gasteiger partial charge >= 0.3 is 0 Å². The van der Waals surface area contributed by atoms with Crippen LogP contribution in [0.5, 0.6) is 0 Å². The van der Waals surface area contributed by atoms with E-state index in [1.807, 2.05) is 48.5 Å². The maximum Gasteiger partial charge on any atom is 0.150 e. The molecule has 4 aromatic rings. The molecule has 0 aliphatic rings. The number of hydrogen-bond acceptors (Lipinski definition) is 3. The lowest BCUT2D eigenvalue weighted by Crippen LogP contribution is -1.86. The molecule has 0 fully saturated rings. The maximum absolute atomic E-state index is 11.0. The topological polar surface area (TPSA) is 43.1 Å². The summed E-state index contributed by atoms with van der Waals surface area (Å²) in [6.45, 7) is 0. The van der Waals surface area contributed by atoms with E-state index < -0.39 is 0 Å². The lowest BCUT2D eigenvalue weighted by atomic mass is 10.0. The van der Waals surface area contributed by atoms with Crippen LogP contribution in [0.25, 0.3) is 33.2 Å². The molecule has 0 aliphatic heterocycles. The van der Waals surface area contributed by atoms with E-state index >= 15 is 0 Å². The Bertz CT molecular complexity index is 936. The zero-order chi connectivity index (χ0) is 14.2. The van der Waals surface area contributed by atoms with Crippen molar-refractivity contribution in [1.29, 1.82) is 0 Å². The van der Waals surface area contributed by atoms with Gasteiger partial charge in [-0.05, 0) is 36.4 Å². The maximum atomic E-state index is 11.0. The van der Waals surface area contributed by atoms with E-state index in [0.29, 0.717) is 5.56 Å². The van der Waals surface area contributed by atoms with Crippen molar-refractivity contribution in [3.05, 3.63) is 66.4 Å². The molecule has 0 saturated carbocycles. The van der Waals surface area contributed by atoms with Crippen LogP contribution in [0.4, 0.5) is 0 Å². The summed E-state index contributed by atoms with van der Waals surface area (Å²) >= 11 is 0. The van der Waals surface area contributed by atoms with Gasteiger partial charge in [0.05, 0.1) is 5.52 Å². The summed E-state index contributed by atoms with van der Waals surface area (Å²) in [4.78, 5) is 15.3. The molecule has 0 N–H and O–H groups in total. The predicted molar refractivity (Wildman–Crippen MR) is 82.3 cm³/mol. The summed E-state index contributed by atoms with van der Waals surface area (Å²) in [5, 5.41) is 1.98. The average molecular weight is 273 g/mol. The monoisotopic (exact) mass is 273 g/mol. The number of aromatic nitrogens is 1. The molecular weight excluding hydrogens is 262 g/mol. The van der Waals surface area contributed by atoms with Gasteiger partial charge in [0.15, 0.2) is 0 Å². The number of carbonyl (C=O) groups excluding carboxylic acids is 1. The second-order valence-corrected chi connectivity index (χ2v) is 4.90. The number of benzene rings is 2. The summed E-state index contributed by atoms with van der Waals surface area (Å²) in [6, 6.07) is 17.3. The second-order valence-electron chi connectivity index (χ2n) is 4.90. The van der Waals surface area contributed by atoms with Crippen LogP contribution in [0.3, 0.4) is 0 Å². The molecule has 2 aromatic carbocycles. The average Bonchev–Trinajstić information content (AvgIpc) is 2.97. The molecule has 2 heterocycles. The SMILES string of the molecule is O=Cc1ccc2nccc(-c3cc4ccccc4o3)c2c1. The first kappa shape index (κ1) is 11.9. The highest BCUT2D eigenvalue weighted by atomic mass is 16.3. The largest absolute Gasteiger partial charge is 0.456 e. The summed E-state index contributed by atoms with van der Waals surface area (Å²) in [5.74, 6) is 0.784. The third kappa shape index (κ3) is 1.91. The number of hydrogen-bond donors (Lipinski definition) is 0. The normalized spacial score (nSPS) is 11.0. The second kappa shape index (κ2) is 4.56. The zero-order valence-corrected chi connectivity index (χ0v) is 11.1. The first-order valence-electron chi connectivity index (χ1n) is 6.68. The Morgan fingerprint density at radius 3 is 2.76 bits per heavy atom. The lowest BCUT2D eigenvalue weighted by Gasteiger charge is -2.03. The molecule has 0 bridgehead atoms. The Labute approximate surface area is 120 Å². The minimum atomic E-state index is 0.632. The molecule has 100 valence electrons. The molecule has 0 spiro atoms. The lowest BCUT2D eigenvalue weighted by molar-refractivity contribution is 0.112. The van der Waals surface area contributed by atoms with E-state index in [1.165, 1.54) is 0 Å². The Hall–Kier alpha value is -2.94. The van der Waals surface area contributed by atoms with Crippen LogP contribution in [0.15, 0.2) is 65.2 Å². The van der Waals surface area contributed by atoms with E-state index in [2.05, 4.69) is 4.98 Å². The van der Waals surface area contributed by atoms with Crippen LogP contribution in [0.2, 0.25) is 0 Å². The molecule has 0 aliphatic carbocycles. The Kier molecular flexibility index (Phi) is 2.57. The third-order valence-corrected chi connectivity index (χ3v) is 3.59. The van der Waals surface area contributed by atoms with Gasteiger partial charge in [0, 0.05) is 28.1 Å². The van der Waals surface area contributed by atoms with Crippen LogP contribution in [0.1, 0.15) is 10.4 Å². The molecule has 3 heteroatoms. The van der Waals surface area contributed by atoms with E-state index in [9.17, 15) is 4.79 Å². The number of rotatable bonds is 2. The first-order chi connectivity index (χ1) is 10.3. The molecule has 0 unspecified atom stereocenters. The molecule has 3 nitrogen and oxygen atoms in total. The summed E-state index contributed by atoms with van der Waals surface area (Å²) in [6.07, 6.45) is 2.60. The highest BCUT2D eigenvalue weighted by Gasteiger charge is 2.10. The minimum Gasteiger partial charge on any atom is -0.456 e. The van der Waals surface area contributed by atoms with Gasteiger partial charge in [0.25, 0.3) is 0 Å². The van der Waals surface area contributed by atoms with Crippen LogP contribution >= 0.6 is 0 Å². The smallest absolute Gasteiger partial charge is 0.150 e. The number of aldehydes is 1. The first-order valence-corrected chi connectivity index (χ1v) is 6.68. The molecular formula is C18H11NO2. The molecule has 0 saturated heterocycles. The van der Waals surface area contributed by atoms with Crippen molar-refractivity contribution in [3.63, 3.8) is 0 Å². The van der Waals surface area contributed by atoms with Crippen LogP contribution < -0.4 is 0 Å². The third-order valence-electron chi connectivity index (χ3n) is 3.59. The van der Waals surface area contributed by atoms with Gasteiger partial charge in [0.2, 0.25) is 0 Å². The van der Waals surface area contributed by atoms with Crippen molar-refractivity contribution in [3.8, 4) is 11.3 Å². The van der Waals surface area contributed by atoms with E-state index in [4.69, 9.17) is 4.42 Å². The number of pyridine rings is 1. The standard InChI is InChI=1S/C18H11NO2/c20-11-12-5-6-16-15(9-12)14(7-8-19-16)18-10-13-3-1-2-4-17(13)21-18/h1-11H. The predicted octanol–water partition coefficient (Wildman–Crippen LogP) is 4.46. The Morgan fingerprint density at radius 1 is 1.00 bits per heavy atom. The fourth-order valence-corrected chi connectivity index (χ4v) is 2.57. The molecule has 21 heavy (non-hydrogen) atoms. The van der Waals surface area contributed by atoms with Crippen LogP contribution in [-0.2, 0) is 0 Å². The summed E-state index contributed by atoms with van der Waals surface area (Å²) in [5.41, 5.74) is 3.27. The van der Waals surface area contributed by atoms with Gasteiger partial charge in [-0.1, -0.05) is 18.2 Å². The van der Waals surface area contributed by atoms with E-state index in [-0.39, 0.29) is 0 Å². The van der Waals surface area contributed by atoms with Gasteiger partial charge < -0.3 is 4.42 Å². The van der Waals surface area contributed by atoms with Crippen molar-refractivity contribution in [1.82, 2.24) is 4.98 Å². The molecule has 0 atom stereocenters. The molecule has 2 aromatic heterocycles. The number of para-hydroxylation sites is 1. The molecule has 0 radical (unpaired) electrons. The van der Waals surface area contributed by atoms with Crippen molar-refractivity contribution in [2.45, 2.75) is 0 Å². The fourth-order valence-electron chi connectivity index (χ4n) is 2.57. The molecule has 4 rings (SSSR count). The van der Waals surface area contributed by atoms with Crippen molar-refractivity contribution < 1.29 is 9.21 Å². The van der Waals surface area contributed by atoms with Crippen LogP contribution in [-0.4, -0.2) is 11.3 Å². The highest BCUT2D eigenvalue weighted by Crippen LogP contribution is 2.32. The van der Waals surface area contributed by atoms with Gasteiger partial charge in [-0.3, -0.25) is 9.78 Å². The van der Waals surface area contributed by atoms with Crippen molar-refractivity contribution >= 4 is 28.2 Å². The van der Waals surface area contributed by atoms with Crippen LogP contribution in [0, 0.1) is 0 Å². The van der Waals surface area contributed by atoms with Gasteiger partial charge in [-0.2, -0.15) is 0 Å². The number of fused-ring (bicyclic) bond motifs is 2. The fraction of sp³-hybridized carbons (Fsp3) is 0. The highest BCUT2D eigenvalue weighted by molar-refractivity contribution is 5.98. The molecule has 0 amide bonds. The number of nitrogens with zero attached hydrogens (tertiary/aromatic N) is 1. The Morgan fingerprint density at radius 2 is 1.90 bits per heavy atom. The van der Waals surface area contributed by atoms with Gasteiger partial charge in [0.1, 0.15) is 17.6 Å². The van der Waals surface area contributed by atoms with Crippen molar-refractivity contribution in [2.24, 2.45) is 0 Å². The van der Waals surface area contributed by atoms with E-state index in [0.717, 1.165) is 39.5 Å². The number of furan rings is 1. The quantitative estimate of drug-likeness (QED) is 0.506. The zero-order valence-electron chi connectivity index (χ0n) is 11.1. The van der Waals surface area contributed by atoms with E-state index in [1.54, 1.807) is 12.3 Å². The van der Waals surface area contributed by atoms with Gasteiger partial charge in [-0.15, -0.1) is 0 Å². The Balaban J connectivity index is 2.02. The number of carbonyl (C=O) groups is 1. The summed E-state index contributed by atoms with van der Waals surface area (Å²) in [7, 11) is 0. The van der Waals surface area contributed by atoms with Crippen molar-refractivity contribution in [2.75, 3.05) is 0 Å². The summed E-state index contributed by atoms with van der Waals surface area (Å²) < 4.78 is 5.92. The van der Waals surface area contributed by atoms with Gasteiger partial charge in [-0.25, -0.2) is 0 Å².